The number of fused-ring (bicyclic) bond motifs is 3. The van der Waals surface area contributed by atoms with Gasteiger partial charge in [-0.05, 0) is 0 Å². The number of amides is 1. The van der Waals surface area contributed by atoms with Crippen molar-refractivity contribution in [3.8, 4) is 0 Å². The van der Waals surface area contributed by atoms with E-state index in [0.717, 1.165) is 0 Å². The van der Waals surface area contributed by atoms with Gasteiger partial charge in [0.05, 0.1) is 6.42 Å². The highest BCUT2D eigenvalue weighted by atomic mass is 32.2. The third-order valence-corrected chi connectivity index (χ3v) is 5.06. The number of esters is 1. The van der Waals surface area contributed by atoms with Gasteiger partial charge in [-0.1, -0.05) is 0 Å². The molecule has 3 aliphatic heterocycles. The van der Waals surface area contributed by atoms with Crippen LogP contribution >= 0.6 is 11.8 Å². The first kappa shape index (κ1) is 11.9. The van der Waals surface area contributed by atoms with Gasteiger partial charge in [0.15, 0.2) is 0 Å². The number of carbonyl (C=O) groups excluding carboxylic acids is 3. The summed E-state index contributed by atoms with van der Waals surface area (Å²) in [7, 11) is 1.21. The molecular formula is C9H11BN2O5S. The van der Waals surface area contributed by atoms with Crippen LogP contribution in [0, 0.1) is 5.92 Å². The first-order chi connectivity index (χ1) is 8.52. The largest absolute Gasteiger partial charge is 0.539 e. The van der Waals surface area contributed by atoms with E-state index < -0.39 is 23.7 Å². The molecule has 3 rings (SSSR count). The number of β-lactam (4-membered cyclic amide) rings is 1. The maximum absolute atomic E-state index is 12.0. The fraction of sp³-hybridized carbons (Fsp3) is 0.667. The monoisotopic (exact) mass is 270 g/mol. The Bertz CT molecular complexity index is 460. The molecule has 18 heavy (non-hydrogen) atoms. The maximum Gasteiger partial charge on any atom is 0.355 e. The van der Waals surface area contributed by atoms with Crippen LogP contribution in [-0.4, -0.2) is 53.7 Å². The van der Waals surface area contributed by atoms with Crippen LogP contribution < -0.4 is 5.73 Å². The summed E-state index contributed by atoms with van der Waals surface area (Å²) in [6.45, 7) is 0. The Kier molecular flexibility index (Phi) is 2.40. The van der Waals surface area contributed by atoms with Crippen LogP contribution in [0.25, 0.3) is 0 Å². The smallest absolute Gasteiger partial charge is 0.355 e. The molecule has 0 saturated carbocycles. The van der Waals surface area contributed by atoms with Crippen molar-refractivity contribution in [1.29, 1.82) is 0 Å². The van der Waals surface area contributed by atoms with E-state index in [2.05, 4.69) is 0 Å². The van der Waals surface area contributed by atoms with E-state index in [4.69, 9.17) is 15.1 Å². The molecule has 0 spiro atoms. The minimum Gasteiger partial charge on any atom is -0.539 e. The van der Waals surface area contributed by atoms with E-state index in [1.165, 1.54) is 24.7 Å². The average Bonchev–Trinajstić information content (AvgIpc) is 2.71. The second-order valence-electron chi connectivity index (χ2n) is 4.52. The van der Waals surface area contributed by atoms with Gasteiger partial charge in [0.1, 0.15) is 11.4 Å². The fourth-order valence-electron chi connectivity index (χ4n) is 2.74. The van der Waals surface area contributed by atoms with Gasteiger partial charge in [-0.25, -0.2) is 4.79 Å². The SMILES string of the molecule is BOC(=O)[C@]12OC(=O)C[C@H]1CS[C@@H]1[C@H](N)C(=O)N12. The Hall–Kier alpha value is -1.22. The number of hydrogen-bond acceptors (Lipinski definition) is 7. The van der Waals surface area contributed by atoms with Crippen LogP contribution in [0.1, 0.15) is 6.42 Å². The van der Waals surface area contributed by atoms with Crippen molar-refractivity contribution >= 4 is 37.7 Å². The van der Waals surface area contributed by atoms with E-state index in [-0.39, 0.29) is 23.6 Å². The molecule has 0 bridgehead atoms. The van der Waals surface area contributed by atoms with Crippen LogP contribution in [0.15, 0.2) is 0 Å². The Labute approximate surface area is 108 Å². The molecule has 0 aliphatic carbocycles. The molecule has 3 heterocycles. The standard InChI is InChI=1S/C9H11BN2O5S/c10-17-8(15)9-3(1-4(13)16-9)2-18-7-5(11)6(14)12(7)9/h3,5,7H,1-2,10-11H2/t3-,5+,7+,9+/m0/s1. The van der Waals surface area contributed by atoms with Crippen molar-refractivity contribution in [1.82, 2.24) is 4.90 Å². The van der Waals surface area contributed by atoms with E-state index in [0.29, 0.717) is 5.75 Å². The zero-order valence-electron chi connectivity index (χ0n) is 9.62. The van der Waals surface area contributed by atoms with Crippen molar-refractivity contribution in [3.05, 3.63) is 0 Å². The van der Waals surface area contributed by atoms with Crippen LogP contribution in [0.3, 0.4) is 0 Å². The van der Waals surface area contributed by atoms with Crippen molar-refractivity contribution in [3.63, 3.8) is 0 Å². The van der Waals surface area contributed by atoms with Crippen LogP contribution in [0.4, 0.5) is 0 Å². The Morgan fingerprint density at radius 1 is 1.61 bits per heavy atom. The molecule has 7 nitrogen and oxygen atoms in total. The van der Waals surface area contributed by atoms with Gasteiger partial charge in [-0.3, -0.25) is 14.5 Å². The van der Waals surface area contributed by atoms with Crippen LogP contribution in [-0.2, 0) is 23.8 Å². The number of thioether (sulfide) groups is 1. The van der Waals surface area contributed by atoms with E-state index in [9.17, 15) is 14.4 Å². The summed E-state index contributed by atoms with van der Waals surface area (Å²) < 4.78 is 9.90. The van der Waals surface area contributed by atoms with Crippen molar-refractivity contribution in [2.24, 2.45) is 11.7 Å². The molecule has 0 aromatic heterocycles. The molecule has 3 fully saturated rings. The topological polar surface area (TPSA) is 98.9 Å². The zero-order valence-corrected chi connectivity index (χ0v) is 10.4. The summed E-state index contributed by atoms with van der Waals surface area (Å²) in [5, 5.41) is -0.321. The van der Waals surface area contributed by atoms with Gasteiger partial charge in [0.25, 0.3) is 5.72 Å². The van der Waals surface area contributed by atoms with Crippen molar-refractivity contribution in [2.75, 3.05) is 5.75 Å². The van der Waals surface area contributed by atoms with Gasteiger partial charge in [-0.2, -0.15) is 0 Å². The fourth-order valence-corrected chi connectivity index (χ4v) is 4.25. The van der Waals surface area contributed by atoms with Crippen LogP contribution in [0.5, 0.6) is 0 Å². The number of hydrogen-bond donors (Lipinski definition) is 1. The molecule has 0 aromatic rings. The summed E-state index contributed by atoms with van der Waals surface area (Å²) >= 11 is 1.47. The summed E-state index contributed by atoms with van der Waals surface area (Å²) in [6.07, 6.45) is 0.119. The van der Waals surface area contributed by atoms with Gasteiger partial charge < -0.3 is 15.1 Å². The summed E-state index contributed by atoms with van der Waals surface area (Å²) in [4.78, 5) is 36.6. The summed E-state index contributed by atoms with van der Waals surface area (Å²) in [5.41, 5.74) is 4.10. The third kappa shape index (κ3) is 1.18. The van der Waals surface area contributed by atoms with Crippen molar-refractivity contribution < 1.29 is 23.8 Å². The minimum atomic E-state index is -1.59. The Morgan fingerprint density at radius 2 is 2.33 bits per heavy atom. The Balaban J connectivity index is 2.04. The number of nitrogens with zero attached hydrogens (tertiary/aromatic N) is 1. The molecule has 0 radical (unpaired) electrons. The highest BCUT2D eigenvalue weighted by Crippen LogP contribution is 2.51. The lowest BCUT2D eigenvalue weighted by Crippen LogP contribution is -2.79. The Morgan fingerprint density at radius 3 is 3.00 bits per heavy atom. The highest BCUT2D eigenvalue weighted by molar-refractivity contribution is 8.00. The van der Waals surface area contributed by atoms with E-state index in [1.807, 2.05) is 0 Å². The highest BCUT2D eigenvalue weighted by Gasteiger charge is 2.70. The predicted octanol–water partition coefficient (Wildman–Crippen LogP) is -2.42. The molecule has 3 saturated heterocycles. The quantitative estimate of drug-likeness (QED) is 0.321. The maximum atomic E-state index is 12.0. The van der Waals surface area contributed by atoms with Crippen molar-refractivity contribution in [2.45, 2.75) is 23.6 Å². The van der Waals surface area contributed by atoms with Gasteiger partial charge >= 0.3 is 20.0 Å². The van der Waals surface area contributed by atoms with E-state index >= 15 is 0 Å². The molecule has 96 valence electrons. The molecular weight excluding hydrogens is 259 g/mol. The van der Waals surface area contributed by atoms with Gasteiger partial charge in [-0.15, -0.1) is 11.8 Å². The lowest BCUT2D eigenvalue weighted by Gasteiger charge is -2.56. The average molecular weight is 270 g/mol. The second-order valence-corrected chi connectivity index (χ2v) is 5.67. The predicted molar refractivity (Wildman–Crippen MR) is 62.6 cm³/mol. The molecule has 0 unspecified atom stereocenters. The number of nitrogens with two attached hydrogens (primary N) is 1. The number of carbonyl (C=O) groups is 3. The first-order valence-electron chi connectivity index (χ1n) is 5.53. The molecule has 1 amide bonds. The lowest BCUT2D eigenvalue weighted by atomic mass is 9.89. The third-order valence-electron chi connectivity index (χ3n) is 3.62. The molecule has 9 heteroatoms. The normalized spacial score (nSPS) is 41.6. The summed E-state index contributed by atoms with van der Waals surface area (Å²) in [5.74, 6) is -1.39. The molecule has 3 aliphatic rings. The summed E-state index contributed by atoms with van der Waals surface area (Å²) in [6, 6.07) is -0.642. The van der Waals surface area contributed by atoms with Crippen LogP contribution in [0.2, 0.25) is 0 Å². The van der Waals surface area contributed by atoms with E-state index in [1.54, 1.807) is 0 Å². The molecule has 0 aromatic carbocycles. The second kappa shape index (κ2) is 3.64. The molecule has 4 atom stereocenters. The number of rotatable bonds is 1. The number of ether oxygens (including phenoxy) is 1. The van der Waals surface area contributed by atoms with Gasteiger partial charge in [0, 0.05) is 11.7 Å². The first-order valence-corrected chi connectivity index (χ1v) is 6.58. The molecule has 2 N–H and O–H groups in total. The van der Waals surface area contributed by atoms with Gasteiger partial charge in [0.2, 0.25) is 5.91 Å². The lowest BCUT2D eigenvalue weighted by molar-refractivity contribution is -0.212. The minimum absolute atomic E-state index is 0.119. The zero-order chi connectivity index (χ0) is 13.1.